The number of rotatable bonds is 2. The molecule has 0 aromatic carbocycles. The molecule has 0 unspecified atom stereocenters. The van der Waals surface area contributed by atoms with Gasteiger partial charge in [-0.1, -0.05) is 5.57 Å². The van der Waals surface area contributed by atoms with E-state index in [1.165, 1.54) is 30.0 Å². The Kier molecular flexibility index (Phi) is 3.75. The number of nitrogens with one attached hydrogen (secondary N) is 1. The van der Waals surface area contributed by atoms with Gasteiger partial charge in [-0.15, -0.1) is 0 Å². The normalized spacial score (nSPS) is 10.5. The largest absolute Gasteiger partial charge is 0.332 e. The maximum absolute atomic E-state index is 12.1. The van der Waals surface area contributed by atoms with Crippen molar-refractivity contribution in [2.24, 2.45) is 14.1 Å². The third-order valence-corrected chi connectivity index (χ3v) is 2.98. The van der Waals surface area contributed by atoms with Crippen LogP contribution in [0.25, 0.3) is 11.0 Å². The molecule has 7 nitrogen and oxygen atoms in total. The molecule has 0 aliphatic carbocycles. The molecule has 1 amide bonds. The van der Waals surface area contributed by atoms with Crippen LogP contribution in [-0.4, -0.2) is 20.0 Å². The van der Waals surface area contributed by atoms with Gasteiger partial charge in [-0.3, -0.25) is 18.7 Å². The van der Waals surface area contributed by atoms with E-state index in [-0.39, 0.29) is 16.9 Å². The van der Waals surface area contributed by atoms with E-state index in [0.29, 0.717) is 5.69 Å². The first-order valence-corrected chi connectivity index (χ1v) is 6.33. The molecular weight excluding hydrogens is 272 g/mol. The number of carbonyl (C=O) groups excluding carboxylic acids is 1. The maximum atomic E-state index is 12.1. The monoisotopic (exact) mass is 288 g/mol. The van der Waals surface area contributed by atoms with Gasteiger partial charge >= 0.3 is 5.69 Å². The number of hydrogen-bond donors (Lipinski definition) is 1. The molecule has 7 heteroatoms. The summed E-state index contributed by atoms with van der Waals surface area (Å²) in [5.74, 6) is -0.294. The number of carbonyl (C=O) groups is 1. The standard InChI is InChI=1S/C14H16N4O3/c1-8(2)5-11(19)16-9-6-10-12(15-7-9)17(3)14(21)18(4)13(10)20/h5-7H,1-4H3,(H,16,19). The molecule has 0 saturated heterocycles. The third kappa shape index (κ3) is 2.76. The van der Waals surface area contributed by atoms with E-state index < -0.39 is 11.2 Å². The molecule has 2 heterocycles. The molecular formula is C14H16N4O3. The summed E-state index contributed by atoms with van der Waals surface area (Å²) in [4.78, 5) is 39.7. The fraction of sp³-hybridized carbons (Fsp3) is 0.286. The second-order valence-electron chi connectivity index (χ2n) is 5.01. The van der Waals surface area contributed by atoms with Crippen molar-refractivity contribution in [3.8, 4) is 0 Å². The van der Waals surface area contributed by atoms with Gasteiger partial charge in [0.15, 0.2) is 0 Å². The molecule has 0 radical (unpaired) electrons. The highest BCUT2D eigenvalue weighted by atomic mass is 16.2. The van der Waals surface area contributed by atoms with Crippen molar-refractivity contribution in [2.75, 3.05) is 5.32 Å². The summed E-state index contributed by atoms with van der Waals surface area (Å²) < 4.78 is 2.30. The van der Waals surface area contributed by atoms with E-state index in [9.17, 15) is 14.4 Å². The van der Waals surface area contributed by atoms with E-state index in [1.807, 2.05) is 13.8 Å². The zero-order valence-electron chi connectivity index (χ0n) is 12.3. The Bertz CT molecular complexity index is 870. The predicted molar refractivity (Wildman–Crippen MR) is 80.3 cm³/mol. The number of aryl methyl sites for hydroxylation is 1. The van der Waals surface area contributed by atoms with Crippen molar-refractivity contribution in [3.05, 3.63) is 44.8 Å². The van der Waals surface area contributed by atoms with Crippen LogP contribution in [0, 0.1) is 0 Å². The second-order valence-corrected chi connectivity index (χ2v) is 5.01. The lowest BCUT2D eigenvalue weighted by atomic mass is 10.3. The number of nitrogens with zero attached hydrogens (tertiary/aromatic N) is 3. The summed E-state index contributed by atoms with van der Waals surface area (Å²) in [6, 6.07) is 1.51. The molecule has 1 N–H and O–H groups in total. The SMILES string of the molecule is CC(C)=CC(=O)Nc1cnc2c(c1)c(=O)n(C)c(=O)n2C. The number of allylic oxidation sites excluding steroid dienone is 1. The first-order chi connectivity index (χ1) is 9.81. The Morgan fingerprint density at radius 2 is 1.90 bits per heavy atom. The predicted octanol–water partition coefficient (Wildman–Crippen LogP) is 0.537. The summed E-state index contributed by atoms with van der Waals surface area (Å²) in [5.41, 5.74) is 0.656. The lowest BCUT2D eigenvalue weighted by molar-refractivity contribution is -0.111. The van der Waals surface area contributed by atoms with Crippen molar-refractivity contribution in [1.29, 1.82) is 0 Å². The summed E-state index contributed by atoms with van der Waals surface area (Å²) >= 11 is 0. The minimum atomic E-state index is -0.445. The molecule has 2 rings (SSSR count). The molecule has 21 heavy (non-hydrogen) atoms. The lowest BCUT2D eigenvalue weighted by Gasteiger charge is -2.08. The highest BCUT2D eigenvalue weighted by Crippen LogP contribution is 2.12. The Hall–Kier alpha value is -2.70. The first-order valence-electron chi connectivity index (χ1n) is 6.33. The minimum absolute atomic E-state index is 0.273. The average molecular weight is 288 g/mol. The first kappa shape index (κ1) is 14.7. The Balaban J connectivity index is 2.58. The van der Waals surface area contributed by atoms with Crippen molar-refractivity contribution in [2.45, 2.75) is 13.8 Å². The van der Waals surface area contributed by atoms with Gasteiger partial charge in [-0.05, 0) is 19.9 Å². The highest BCUT2D eigenvalue weighted by molar-refractivity contribution is 6.00. The third-order valence-electron chi connectivity index (χ3n) is 2.98. The molecule has 0 aliphatic rings. The molecule has 0 aliphatic heterocycles. The van der Waals surface area contributed by atoms with Crippen LogP contribution in [0.5, 0.6) is 0 Å². The van der Waals surface area contributed by atoms with E-state index >= 15 is 0 Å². The lowest BCUT2D eigenvalue weighted by Crippen LogP contribution is -2.37. The molecule has 0 fully saturated rings. The number of fused-ring (bicyclic) bond motifs is 1. The Morgan fingerprint density at radius 3 is 2.52 bits per heavy atom. The molecule has 2 aromatic heterocycles. The number of pyridine rings is 1. The Morgan fingerprint density at radius 1 is 1.24 bits per heavy atom. The fourth-order valence-electron chi connectivity index (χ4n) is 1.97. The van der Waals surface area contributed by atoms with Crippen LogP contribution in [-0.2, 0) is 18.9 Å². The summed E-state index contributed by atoms with van der Waals surface area (Å²) in [6.45, 7) is 3.62. The number of anilines is 1. The quantitative estimate of drug-likeness (QED) is 0.817. The van der Waals surface area contributed by atoms with Gasteiger partial charge in [0.25, 0.3) is 5.56 Å². The van der Waals surface area contributed by atoms with Crippen molar-refractivity contribution >= 4 is 22.6 Å². The highest BCUT2D eigenvalue weighted by Gasteiger charge is 2.10. The second kappa shape index (κ2) is 5.35. The molecule has 0 bridgehead atoms. The van der Waals surface area contributed by atoms with Gasteiger partial charge < -0.3 is 5.32 Å². The molecule has 0 atom stereocenters. The van der Waals surface area contributed by atoms with Gasteiger partial charge in [0, 0.05) is 20.2 Å². The van der Waals surface area contributed by atoms with Crippen LogP contribution < -0.4 is 16.6 Å². The molecule has 2 aromatic rings. The maximum Gasteiger partial charge on any atom is 0.332 e. The van der Waals surface area contributed by atoms with Crippen molar-refractivity contribution in [1.82, 2.24) is 14.1 Å². The Labute approximate surface area is 120 Å². The van der Waals surface area contributed by atoms with Crippen molar-refractivity contribution < 1.29 is 4.79 Å². The number of hydrogen-bond acceptors (Lipinski definition) is 4. The van der Waals surface area contributed by atoms with Crippen LogP contribution >= 0.6 is 0 Å². The minimum Gasteiger partial charge on any atom is -0.321 e. The van der Waals surface area contributed by atoms with Crippen LogP contribution in [0.4, 0.5) is 5.69 Å². The zero-order valence-corrected chi connectivity index (χ0v) is 12.3. The summed E-state index contributed by atoms with van der Waals surface area (Å²) in [6.07, 6.45) is 2.86. The number of aromatic nitrogens is 3. The molecule has 110 valence electrons. The van der Waals surface area contributed by atoms with Gasteiger partial charge in [0.1, 0.15) is 5.65 Å². The van der Waals surface area contributed by atoms with Gasteiger partial charge in [-0.2, -0.15) is 0 Å². The molecule has 0 saturated carbocycles. The van der Waals surface area contributed by atoms with Crippen LogP contribution in [0.15, 0.2) is 33.5 Å². The van der Waals surface area contributed by atoms with Gasteiger partial charge in [-0.25, -0.2) is 9.78 Å². The zero-order chi connectivity index (χ0) is 15.7. The van der Waals surface area contributed by atoms with Crippen molar-refractivity contribution in [3.63, 3.8) is 0 Å². The summed E-state index contributed by atoms with van der Waals surface area (Å²) in [7, 11) is 2.94. The van der Waals surface area contributed by atoms with Gasteiger partial charge in [0.2, 0.25) is 5.91 Å². The van der Waals surface area contributed by atoms with Crippen LogP contribution in [0.3, 0.4) is 0 Å². The van der Waals surface area contributed by atoms with E-state index in [4.69, 9.17) is 0 Å². The van der Waals surface area contributed by atoms with E-state index in [0.717, 1.165) is 10.1 Å². The van der Waals surface area contributed by atoms with Crippen LogP contribution in [0.1, 0.15) is 13.8 Å². The van der Waals surface area contributed by atoms with E-state index in [1.54, 1.807) is 7.05 Å². The summed E-state index contributed by atoms with van der Waals surface area (Å²) in [5, 5.41) is 2.91. The average Bonchev–Trinajstić information content (AvgIpc) is 2.41. The van der Waals surface area contributed by atoms with Crippen LogP contribution in [0.2, 0.25) is 0 Å². The smallest absolute Gasteiger partial charge is 0.321 e. The fourth-order valence-corrected chi connectivity index (χ4v) is 1.97. The topological polar surface area (TPSA) is 86.0 Å². The molecule has 0 spiro atoms. The van der Waals surface area contributed by atoms with E-state index in [2.05, 4.69) is 10.3 Å². The van der Waals surface area contributed by atoms with Gasteiger partial charge in [0.05, 0.1) is 17.3 Å². The number of amides is 1.